The summed E-state index contributed by atoms with van der Waals surface area (Å²) < 4.78 is 7.59. The first-order valence-electron chi connectivity index (χ1n) is 7.60. The average Bonchev–Trinajstić information content (AvgIpc) is 3.04. The van der Waals surface area contributed by atoms with E-state index >= 15 is 0 Å². The number of aryl methyl sites for hydroxylation is 2. The molecular weight excluding hydrogens is 238 g/mol. The van der Waals surface area contributed by atoms with Crippen LogP contribution in [0.2, 0.25) is 0 Å². The molecule has 108 valence electrons. The molecule has 2 unspecified atom stereocenters. The van der Waals surface area contributed by atoms with Crippen LogP contribution in [0.5, 0.6) is 0 Å². The van der Waals surface area contributed by atoms with Crippen molar-refractivity contribution in [2.45, 2.75) is 57.6 Å². The van der Waals surface area contributed by atoms with Crippen molar-refractivity contribution in [1.29, 1.82) is 0 Å². The first-order valence-corrected chi connectivity index (χ1v) is 7.60. The van der Waals surface area contributed by atoms with Gasteiger partial charge in [0.05, 0.1) is 12.3 Å². The number of hydrogen-bond acceptors (Lipinski definition) is 3. The second-order valence-corrected chi connectivity index (χ2v) is 5.53. The van der Waals surface area contributed by atoms with Crippen LogP contribution in [0.4, 0.5) is 0 Å². The summed E-state index contributed by atoms with van der Waals surface area (Å²) in [5.74, 6) is 0. The zero-order valence-electron chi connectivity index (χ0n) is 12.3. The van der Waals surface area contributed by atoms with E-state index in [-0.39, 0.29) is 0 Å². The highest BCUT2D eigenvalue weighted by atomic mass is 16.5. The molecule has 4 heteroatoms. The normalized spacial score (nSPS) is 20.8. The van der Waals surface area contributed by atoms with Crippen molar-refractivity contribution in [3.8, 4) is 0 Å². The van der Waals surface area contributed by atoms with Crippen LogP contribution in [0, 0.1) is 0 Å². The fraction of sp³-hybridized carbons (Fsp3) is 0.800. The quantitative estimate of drug-likeness (QED) is 0.784. The highest BCUT2D eigenvalue weighted by Gasteiger charge is 2.17. The van der Waals surface area contributed by atoms with E-state index in [0.717, 1.165) is 19.6 Å². The Morgan fingerprint density at radius 3 is 3.05 bits per heavy atom. The summed E-state index contributed by atoms with van der Waals surface area (Å²) in [6.07, 6.45) is 11.8. The third kappa shape index (κ3) is 4.96. The SMILES string of the molecule is CCNC(CCc1cnn(C)c1)CCC1CCCO1. The van der Waals surface area contributed by atoms with Crippen LogP contribution in [0.15, 0.2) is 12.4 Å². The molecule has 2 atom stereocenters. The predicted molar refractivity (Wildman–Crippen MR) is 77.2 cm³/mol. The van der Waals surface area contributed by atoms with Gasteiger partial charge in [0, 0.05) is 25.9 Å². The van der Waals surface area contributed by atoms with E-state index in [0.29, 0.717) is 12.1 Å². The molecule has 2 rings (SSSR count). The number of nitrogens with one attached hydrogen (secondary N) is 1. The molecule has 19 heavy (non-hydrogen) atoms. The Balaban J connectivity index is 1.71. The van der Waals surface area contributed by atoms with Crippen molar-refractivity contribution >= 4 is 0 Å². The maximum Gasteiger partial charge on any atom is 0.0576 e. The molecule has 0 aromatic carbocycles. The van der Waals surface area contributed by atoms with Gasteiger partial charge in [0.1, 0.15) is 0 Å². The lowest BCUT2D eigenvalue weighted by atomic mass is 10.0. The van der Waals surface area contributed by atoms with Crippen molar-refractivity contribution in [1.82, 2.24) is 15.1 Å². The van der Waals surface area contributed by atoms with Crippen LogP contribution in [0.25, 0.3) is 0 Å². The standard InChI is InChI=1S/C15H27N3O/c1-3-16-14(8-9-15-5-4-10-19-15)7-6-13-11-17-18(2)12-13/h11-12,14-16H,3-10H2,1-2H3. The van der Waals surface area contributed by atoms with Gasteiger partial charge in [-0.2, -0.15) is 5.10 Å². The average molecular weight is 265 g/mol. The van der Waals surface area contributed by atoms with Crippen LogP contribution < -0.4 is 5.32 Å². The van der Waals surface area contributed by atoms with Crippen LogP contribution >= 0.6 is 0 Å². The number of nitrogens with zero attached hydrogens (tertiary/aromatic N) is 2. The highest BCUT2D eigenvalue weighted by molar-refractivity contribution is 5.03. The Morgan fingerprint density at radius 2 is 2.42 bits per heavy atom. The van der Waals surface area contributed by atoms with Gasteiger partial charge in [-0.15, -0.1) is 0 Å². The van der Waals surface area contributed by atoms with Gasteiger partial charge in [-0.05, 0) is 50.6 Å². The molecule has 1 aromatic rings. The minimum Gasteiger partial charge on any atom is -0.378 e. The minimum absolute atomic E-state index is 0.513. The van der Waals surface area contributed by atoms with Crippen LogP contribution in [-0.4, -0.2) is 35.1 Å². The molecule has 0 radical (unpaired) electrons. The molecule has 1 saturated heterocycles. The molecule has 0 saturated carbocycles. The van der Waals surface area contributed by atoms with Gasteiger partial charge in [-0.3, -0.25) is 4.68 Å². The molecule has 0 aliphatic carbocycles. The second kappa shape index (κ2) is 7.65. The molecule has 0 amide bonds. The summed E-state index contributed by atoms with van der Waals surface area (Å²) in [6, 6.07) is 0.606. The molecule has 4 nitrogen and oxygen atoms in total. The van der Waals surface area contributed by atoms with Crippen LogP contribution in [0.1, 0.15) is 44.6 Å². The molecule has 1 aromatic heterocycles. The predicted octanol–water partition coefficient (Wildman–Crippen LogP) is 2.29. The minimum atomic E-state index is 0.513. The molecule has 0 bridgehead atoms. The number of rotatable bonds is 8. The fourth-order valence-electron chi connectivity index (χ4n) is 2.84. The topological polar surface area (TPSA) is 39.1 Å². The molecule has 0 spiro atoms. The van der Waals surface area contributed by atoms with Crippen molar-refractivity contribution in [3.05, 3.63) is 18.0 Å². The molecule has 1 fully saturated rings. The van der Waals surface area contributed by atoms with Gasteiger partial charge in [0.15, 0.2) is 0 Å². The van der Waals surface area contributed by atoms with Gasteiger partial charge in [-0.25, -0.2) is 0 Å². The van der Waals surface area contributed by atoms with Gasteiger partial charge >= 0.3 is 0 Å². The maximum atomic E-state index is 5.71. The van der Waals surface area contributed by atoms with Crippen LogP contribution in [0.3, 0.4) is 0 Å². The highest BCUT2D eigenvalue weighted by Crippen LogP contribution is 2.19. The largest absolute Gasteiger partial charge is 0.378 e. The molecule has 1 N–H and O–H groups in total. The van der Waals surface area contributed by atoms with Crippen molar-refractivity contribution in [2.24, 2.45) is 7.05 Å². The molecule has 1 aliphatic heterocycles. The van der Waals surface area contributed by atoms with E-state index in [1.165, 1.54) is 37.7 Å². The smallest absolute Gasteiger partial charge is 0.0576 e. The van der Waals surface area contributed by atoms with E-state index in [4.69, 9.17) is 4.74 Å². The van der Waals surface area contributed by atoms with Gasteiger partial charge < -0.3 is 10.1 Å². The zero-order chi connectivity index (χ0) is 13.5. The van der Waals surface area contributed by atoms with E-state index in [1.54, 1.807) is 0 Å². The van der Waals surface area contributed by atoms with Crippen molar-refractivity contribution in [2.75, 3.05) is 13.2 Å². The number of ether oxygens (including phenoxy) is 1. The van der Waals surface area contributed by atoms with Crippen LogP contribution in [-0.2, 0) is 18.2 Å². The summed E-state index contributed by atoms with van der Waals surface area (Å²) in [4.78, 5) is 0. The second-order valence-electron chi connectivity index (χ2n) is 5.53. The van der Waals surface area contributed by atoms with E-state index in [2.05, 4.69) is 23.5 Å². The number of hydrogen-bond donors (Lipinski definition) is 1. The summed E-state index contributed by atoms with van der Waals surface area (Å²) in [7, 11) is 1.97. The molecule has 2 heterocycles. The van der Waals surface area contributed by atoms with E-state index < -0.39 is 0 Å². The monoisotopic (exact) mass is 265 g/mol. The van der Waals surface area contributed by atoms with Gasteiger partial charge in [0.25, 0.3) is 0 Å². The third-order valence-electron chi connectivity index (χ3n) is 3.89. The lowest BCUT2D eigenvalue weighted by Crippen LogP contribution is -2.30. The Hall–Kier alpha value is -0.870. The third-order valence-corrected chi connectivity index (χ3v) is 3.89. The Kier molecular flexibility index (Phi) is 5.86. The summed E-state index contributed by atoms with van der Waals surface area (Å²) in [5, 5.41) is 7.83. The first-order chi connectivity index (χ1) is 9.28. The Labute approximate surface area is 116 Å². The zero-order valence-corrected chi connectivity index (χ0v) is 12.3. The summed E-state index contributed by atoms with van der Waals surface area (Å²) in [5.41, 5.74) is 1.34. The first kappa shape index (κ1) is 14.5. The Morgan fingerprint density at radius 1 is 1.53 bits per heavy atom. The maximum absolute atomic E-state index is 5.71. The van der Waals surface area contributed by atoms with Crippen molar-refractivity contribution < 1.29 is 4.74 Å². The van der Waals surface area contributed by atoms with Gasteiger partial charge in [0.2, 0.25) is 0 Å². The summed E-state index contributed by atoms with van der Waals surface area (Å²) in [6.45, 7) is 4.19. The van der Waals surface area contributed by atoms with Crippen molar-refractivity contribution in [3.63, 3.8) is 0 Å². The molecular formula is C15H27N3O. The summed E-state index contributed by atoms with van der Waals surface area (Å²) >= 11 is 0. The van der Waals surface area contributed by atoms with E-state index in [9.17, 15) is 0 Å². The number of aromatic nitrogens is 2. The lowest BCUT2D eigenvalue weighted by molar-refractivity contribution is 0.0993. The Bertz CT molecular complexity index is 358. The molecule has 1 aliphatic rings. The lowest BCUT2D eigenvalue weighted by Gasteiger charge is -2.19. The fourth-order valence-corrected chi connectivity index (χ4v) is 2.84. The van der Waals surface area contributed by atoms with Gasteiger partial charge in [-0.1, -0.05) is 6.92 Å². The van der Waals surface area contributed by atoms with E-state index in [1.807, 2.05) is 17.9 Å².